The maximum absolute atomic E-state index is 12.6. The average Bonchev–Trinajstić information content (AvgIpc) is 2.81. The van der Waals surface area contributed by atoms with E-state index in [1.807, 2.05) is 6.92 Å². The van der Waals surface area contributed by atoms with E-state index < -0.39 is 0 Å². The summed E-state index contributed by atoms with van der Waals surface area (Å²) >= 11 is 5.87. The second-order valence-electron chi connectivity index (χ2n) is 7.48. The van der Waals surface area contributed by atoms with Gasteiger partial charge in [0.15, 0.2) is 5.78 Å². The summed E-state index contributed by atoms with van der Waals surface area (Å²) in [5.41, 5.74) is 1.16. The molecule has 2 aromatic rings. The van der Waals surface area contributed by atoms with Gasteiger partial charge in [-0.05, 0) is 55.0 Å². The Morgan fingerprint density at radius 3 is 2.03 bits per heavy atom. The highest BCUT2D eigenvalue weighted by molar-refractivity contribution is 6.30. The van der Waals surface area contributed by atoms with Crippen LogP contribution in [0.25, 0.3) is 0 Å². The van der Waals surface area contributed by atoms with E-state index >= 15 is 0 Å². The van der Waals surface area contributed by atoms with Gasteiger partial charge in [0.05, 0.1) is 6.61 Å². The molecule has 1 aliphatic rings. The molecule has 31 heavy (non-hydrogen) atoms. The number of benzene rings is 2. The first-order chi connectivity index (χ1) is 15.0. The van der Waals surface area contributed by atoms with E-state index in [2.05, 4.69) is 0 Å². The summed E-state index contributed by atoms with van der Waals surface area (Å²) in [4.78, 5) is 41.0. The molecule has 2 aromatic carbocycles. The van der Waals surface area contributed by atoms with Crippen molar-refractivity contribution in [2.75, 3.05) is 32.8 Å². The van der Waals surface area contributed by atoms with Gasteiger partial charge in [-0.2, -0.15) is 0 Å². The fourth-order valence-corrected chi connectivity index (χ4v) is 3.54. The lowest BCUT2D eigenvalue weighted by atomic mass is 10.1. The average molecular weight is 443 g/mol. The Bertz CT molecular complexity index is 904. The Balaban J connectivity index is 1.44. The number of carbonyl (C=O) groups is 3. The van der Waals surface area contributed by atoms with Crippen molar-refractivity contribution in [3.63, 3.8) is 0 Å². The lowest BCUT2D eigenvalue weighted by Gasteiger charge is -2.35. The number of hydrogen-bond acceptors (Lipinski definition) is 4. The summed E-state index contributed by atoms with van der Waals surface area (Å²) in [6.07, 6.45) is 1.25. The van der Waals surface area contributed by atoms with Crippen molar-refractivity contribution >= 4 is 29.2 Å². The predicted molar refractivity (Wildman–Crippen MR) is 120 cm³/mol. The van der Waals surface area contributed by atoms with Crippen LogP contribution < -0.4 is 4.74 Å². The van der Waals surface area contributed by atoms with Crippen LogP contribution >= 0.6 is 11.6 Å². The molecule has 0 saturated carbocycles. The zero-order chi connectivity index (χ0) is 22.2. The molecule has 164 valence electrons. The lowest BCUT2D eigenvalue weighted by molar-refractivity contribution is -0.132. The van der Waals surface area contributed by atoms with E-state index in [1.54, 1.807) is 58.3 Å². The largest absolute Gasteiger partial charge is 0.494 e. The van der Waals surface area contributed by atoms with Crippen molar-refractivity contribution < 1.29 is 19.1 Å². The first-order valence-electron chi connectivity index (χ1n) is 10.6. The van der Waals surface area contributed by atoms with E-state index in [4.69, 9.17) is 16.3 Å². The molecule has 7 heteroatoms. The minimum Gasteiger partial charge on any atom is -0.494 e. The molecular formula is C24H27ClN2O4. The van der Waals surface area contributed by atoms with Crippen molar-refractivity contribution in [1.29, 1.82) is 0 Å². The molecule has 0 aliphatic carbocycles. The molecule has 0 N–H and O–H groups in total. The first kappa shape index (κ1) is 22.8. The van der Waals surface area contributed by atoms with E-state index in [1.165, 1.54) is 0 Å². The fraction of sp³-hybridized carbons (Fsp3) is 0.375. The van der Waals surface area contributed by atoms with Crippen molar-refractivity contribution in [3.05, 3.63) is 64.7 Å². The number of ether oxygens (including phenoxy) is 1. The second kappa shape index (κ2) is 11.0. The summed E-state index contributed by atoms with van der Waals surface area (Å²) in [7, 11) is 0. The standard InChI is InChI=1S/C24H27ClN2O4/c1-2-17-31-21-9-5-18(6-10-21)22(28)11-12-23(29)26-13-15-27(16-14-26)24(30)19-3-7-20(25)8-4-19/h3-10H,2,11-17H2,1H3. The van der Waals surface area contributed by atoms with Gasteiger partial charge < -0.3 is 14.5 Å². The lowest BCUT2D eigenvalue weighted by Crippen LogP contribution is -2.50. The summed E-state index contributed by atoms with van der Waals surface area (Å²) in [6.45, 7) is 4.55. The first-order valence-corrected chi connectivity index (χ1v) is 10.9. The molecule has 0 spiro atoms. The third-order valence-electron chi connectivity index (χ3n) is 5.23. The molecule has 0 atom stereocenters. The Morgan fingerprint density at radius 1 is 0.839 bits per heavy atom. The maximum atomic E-state index is 12.6. The minimum absolute atomic E-state index is 0.0603. The molecule has 1 aliphatic heterocycles. The molecule has 0 radical (unpaired) electrons. The van der Waals surface area contributed by atoms with Crippen LogP contribution in [0, 0.1) is 0 Å². The zero-order valence-electron chi connectivity index (χ0n) is 17.7. The zero-order valence-corrected chi connectivity index (χ0v) is 18.4. The van der Waals surface area contributed by atoms with Gasteiger partial charge in [-0.3, -0.25) is 14.4 Å². The van der Waals surface area contributed by atoms with Crippen LogP contribution in [0.5, 0.6) is 5.75 Å². The quantitative estimate of drug-likeness (QED) is 0.578. The van der Waals surface area contributed by atoms with Gasteiger partial charge in [-0.15, -0.1) is 0 Å². The highest BCUT2D eigenvalue weighted by Gasteiger charge is 2.25. The van der Waals surface area contributed by atoms with Crippen LogP contribution in [-0.2, 0) is 4.79 Å². The van der Waals surface area contributed by atoms with Gasteiger partial charge in [-0.1, -0.05) is 18.5 Å². The SMILES string of the molecule is CCCOc1ccc(C(=O)CCC(=O)N2CCN(C(=O)c3ccc(Cl)cc3)CC2)cc1. The topological polar surface area (TPSA) is 66.9 Å². The summed E-state index contributed by atoms with van der Waals surface area (Å²) in [5.74, 6) is 0.549. The second-order valence-corrected chi connectivity index (χ2v) is 7.91. The van der Waals surface area contributed by atoms with E-state index in [9.17, 15) is 14.4 Å². The third-order valence-corrected chi connectivity index (χ3v) is 5.48. The smallest absolute Gasteiger partial charge is 0.253 e. The number of hydrogen-bond donors (Lipinski definition) is 0. The summed E-state index contributed by atoms with van der Waals surface area (Å²) < 4.78 is 5.52. The number of nitrogens with zero attached hydrogens (tertiary/aromatic N) is 2. The number of carbonyl (C=O) groups excluding carboxylic acids is 3. The molecule has 1 saturated heterocycles. The van der Waals surface area contributed by atoms with Crippen molar-refractivity contribution in [1.82, 2.24) is 9.80 Å². The van der Waals surface area contributed by atoms with Gasteiger partial charge >= 0.3 is 0 Å². The van der Waals surface area contributed by atoms with Gasteiger partial charge in [0.1, 0.15) is 5.75 Å². The Kier molecular flexibility index (Phi) is 8.06. The van der Waals surface area contributed by atoms with E-state index in [0.717, 1.165) is 12.2 Å². The third kappa shape index (κ3) is 6.31. The molecule has 1 heterocycles. The van der Waals surface area contributed by atoms with Crippen LogP contribution in [0.4, 0.5) is 0 Å². The highest BCUT2D eigenvalue weighted by Crippen LogP contribution is 2.16. The van der Waals surface area contributed by atoms with Gasteiger partial charge in [0, 0.05) is 55.2 Å². The molecule has 0 unspecified atom stereocenters. The number of halogens is 1. The number of amides is 2. The highest BCUT2D eigenvalue weighted by atomic mass is 35.5. The van der Waals surface area contributed by atoms with Crippen LogP contribution in [0.2, 0.25) is 5.02 Å². The number of ketones is 1. The maximum Gasteiger partial charge on any atom is 0.253 e. The van der Waals surface area contributed by atoms with E-state index in [0.29, 0.717) is 48.9 Å². The monoisotopic (exact) mass is 442 g/mol. The molecule has 0 bridgehead atoms. The van der Waals surface area contributed by atoms with Crippen LogP contribution in [0.3, 0.4) is 0 Å². The van der Waals surface area contributed by atoms with Gasteiger partial charge in [-0.25, -0.2) is 0 Å². The molecule has 3 rings (SSSR count). The number of rotatable bonds is 8. The van der Waals surface area contributed by atoms with Crippen LogP contribution in [-0.4, -0.2) is 60.2 Å². The summed E-state index contributed by atoms with van der Waals surface area (Å²) in [6, 6.07) is 13.8. The van der Waals surface area contributed by atoms with Crippen molar-refractivity contribution in [2.24, 2.45) is 0 Å². The molecule has 0 aromatic heterocycles. The van der Waals surface area contributed by atoms with Crippen molar-refractivity contribution in [3.8, 4) is 5.75 Å². The Morgan fingerprint density at radius 2 is 1.42 bits per heavy atom. The van der Waals surface area contributed by atoms with E-state index in [-0.39, 0.29) is 30.4 Å². The Labute approximate surface area is 187 Å². The van der Waals surface area contributed by atoms with Gasteiger partial charge in [0.25, 0.3) is 5.91 Å². The molecular weight excluding hydrogens is 416 g/mol. The number of Topliss-reactive ketones (excluding diaryl/α,β-unsaturated/α-hetero) is 1. The minimum atomic E-state index is -0.0645. The van der Waals surface area contributed by atoms with Gasteiger partial charge in [0.2, 0.25) is 5.91 Å². The summed E-state index contributed by atoms with van der Waals surface area (Å²) in [5, 5.41) is 0.585. The molecule has 6 nitrogen and oxygen atoms in total. The molecule has 1 fully saturated rings. The predicted octanol–water partition coefficient (Wildman–Crippen LogP) is 4.08. The Hall–Kier alpha value is -2.86. The van der Waals surface area contributed by atoms with Crippen LogP contribution in [0.15, 0.2) is 48.5 Å². The number of piperazine rings is 1. The molecule has 2 amide bonds. The van der Waals surface area contributed by atoms with Crippen molar-refractivity contribution in [2.45, 2.75) is 26.2 Å². The van der Waals surface area contributed by atoms with Crippen LogP contribution in [0.1, 0.15) is 46.9 Å². The normalized spacial score (nSPS) is 13.7. The fourth-order valence-electron chi connectivity index (χ4n) is 3.41.